The molecule has 0 atom stereocenters. The second-order valence-corrected chi connectivity index (χ2v) is 9.83. The number of nitrogens with zero attached hydrogens (tertiary/aromatic N) is 3. The van der Waals surface area contributed by atoms with E-state index in [0.717, 1.165) is 3.97 Å². The smallest absolute Gasteiger partial charge is 0.407 e. The van der Waals surface area contributed by atoms with Crippen LogP contribution in [0.25, 0.3) is 0 Å². The predicted molar refractivity (Wildman–Crippen MR) is 109 cm³/mol. The van der Waals surface area contributed by atoms with E-state index in [0.29, 0.717) is 16.7 Å². The minimum Gasteiger partial charge on any atom is -0.465 e. The molecule has 2 rings (SSSR count). The summed E-state index contributed by atoms with van der Waals surface area (Å²) in [5.74, 6) is 0. The van der Waals surface area contributed by atoms with Crippen LogP contribution < -0.4 is 5.73 Å². The normalized spacial score (nSPS) is 11.3. The Balaban J connectivity index is 0.000000960. The van der Waals surface area contributed by atoms with Gasteiger partial charge in [-0.3, -0.25) is 4.98 Å². The first-order chi connectivity index (χ1) is 13.2. The third kappa shape index (κ3) is 7.74. The molecule has 0 aliphatic heterocycles. The lowest BCUT2D eigenvalue weighted by atomic mass is 9.96. The van der Waals surface area contributed by atoms with E-state index in [1.807, 2.05) is 20.8 Å². The van der Waals surface area contributed by atoms with Gasteiger partial charge in [0.2, 0.25) is 0 Å². The van der Waals surface area contributed by atoms with Gasteiger partial charge in [0, 0.05) is 25.1 Å². The maximum absolute atomic E-state index is 12.7. The van der Waals surface area contributed by atoms with Crippen LogP contribution in [-0.4, -0.2) is 51.2 Å². The minimum absolute atomic E-state index is 0.0580. The average Bonchev–Trinajstić information content (AvgIpc) is 2.94. The van der Waals surface area contributed by atoms with Crippen LogP contribution in [0.15, 0.2) is 46.3 Å². The lowest BCUT2D eigenvalue weighted by molar-refractivity contribution is 0.123. The Morgan fingerprint density at radius 1 is 1.31 bits per heavy atom. The van der Waals surface area contributed by atoms with E-state index in [2.05, 4.69) is 26.6 Å². The molecular formula is C17H23BrN4O6S. The molecule has 4 N–H and O–H groups in total. The molecule has 0 aliphatic rings. The fourth-order valence-electron chi connectivity index (χ4n) is 2.33. The molecule has 2 aromatic rings. The van der Waals surface area contributed by atoms with Crippen LogP contribution in [-0.2, 0) is 16.6 Å². The first-order valence-corrected chi connectivity index (χ1v) is 10.5. The minimum atomic E-state index is -3.80. The number of primary amides is 1. The number of halogens is 1. The molecule has 2 aromatic heterocycles. The molecule has 0 radical (unpaired) electrons. The van der Waals surface area contributed by atoms with Crippen LogP contribution >= 0.6 is 15.9 Å². The Morgan fingerprint density at radius 2 is 1.90 bits per heavy atom. The zero-order chi connectivity index (χ0) is 22.4. The molecule has 160 valence electrons. The second kappa shape index (κ2) is 9.74. The van der Waals surface area contributed by atoms with Gasteiger partial charge in [-0.05, 0) is 45.1 Å². The van der Waals surface area contributed by atoms with Gasteiger partial charge >= 0.3 is 12.2 Å². The van der Waals surface area contributed by atoms with Gasteiger partial charge < -0.3 is 20.8 Å². The van der Waals surface area contributed by atoms with E-state index in [-0.39, 0.29) is 16.9 Å². The fourth-order valence-corrected chi connectivity index (χ4v) is 4.53. The summed E-state index contributed by atoms with van der Waals surface area (Å²) in [6, 6.07) is 4.60. The number of amides is 2. The monoisotopic (exact) mass is 490 g/mol. The molecule has 29 heavy (non-hydrogen) atoms. The third-order valence-corrected chi connectivity index (χ3v) is 5.80. The topological polar surface area (TPSA) is 156 Å². The zero-order valence-electron chi connectivity index (χ0n) is 16.1. The summed E-state index contributed by atoms with van der Waals surface area (Å²) in [5.41, 5.74) is 4.39. The molecule has 0 spiro atoms. The summed E-state index contributed by atoms with van der Waals surface area (Å²) in [7, 11) is -3.80. The standard InChI is InChI=1S/C16H20BrN3O4S.CH3NO2/c1-16(2,3)11-19(15(21)22)9-12-7-14(17)20(10-12)25(23,24)13-5-4-6-18-8-13;2-1(3)4/h4-8,10H,9,11H2,1-3H3,(H,21,22);2H2,(H,3,4). The SMILES string of the molecule is CC(C)(C)CN(Cc1cc(Br)n(S(=O)(=O)c2cccnc2)c1)C(=O)O.NC(=O)O. The maximum Gasteiger partial charge on any atom is 0.407 e. The largest absolute Gasteiger partial charge is 0.465 e. The number of aromatic nitrogens is 2. The van der Waals surface area contributed by atoms with Gasteiger partial charge in [-0.2, -0.15) is 0 Å². The number of carbonyl (C=O) groups is 2. The van der Waals surface area contributed by atoms with Crippen LogP contribution in [0.2, 0.25) is 0 Å². The van der Waals surface area contributed by atoms with Crippen molar-refractivity contribution in [1.82, 2.24) is 13.9 Å². The summed E-state index contributed by atoms with van der Waals surface area (Å²) in [5, 5.41) is 16.6. The van der Waals surface area contributed by atoms with E-state index in [1.54, 1.807) is 12.1 Å². The van der Waals surface area contributed by atoms with E-state index in [9.17, 15) is 18.3 Å². The highest BCUT2D eigenvalue weighted by Gasteiger charge is 2.24. The summed E-state index contributed by atoms with van der Waals surface area (Å²) < 4.78 is 26.8. The van der Waals surface area contributed by atoms with Crippen LogP contribution in [0, 0.1) is 5.41 Å². The Labute approximate surface area is 177 Å². The van der Waals surface area contributed by atoms with Crippen molar-refractivity contribution >= 4 is 38.1 Å². The Hall–Kier alpha value is -2.60. The Kier molecular flexibility index (Phi) is 8.21. The van der Waals surface area contributed by atoms with Crippen molar-refractivity contribution in [1.29, 1.82) is 0 Å². The Bertz CT molecular complexity index is 950. The van der Waals surface area contributed by atoms with E-state index >= 15 is 0 Å². The van der Waals surface area contributed by atoms with Gasteiger partial charge in [-0.15, -0.1) is 0 Å². The molecule has 0 aliphatic carbocycles. The number of rotatable bonds is 5. The van der Waals surface area contributed by atoms with E-state index in [1.165, 1.54) is 29.6 Å². The second-order valence-electron chi connectivity index (χ2n) is 7.20. The van der Waals surface area contributed by atoms with Gasteiger partial charge in [-0.1, -0.05) is 20.8 Å². The molecular weight excluding hydrogens is 468 g/mol. The number of hydrogen-bond donors (Lipinski definition) is 3. The van der Waals surface area contributed by atoms with Crippen LogP contribution in [0.5, 0.6) is 0 Å². The van der Waals surface area contributed by atoms with Crippen LogP contribution in [0.3, 0.4) is 0 Å². The van der Waals surface area contributed by atoms with Crippen molar-refractivity contribution in [3.05, 3.63) is 47.0 Å². The lowest BCUT2D eigenvalue weighted by Crippen LogP contribution is -2.36. The van der Waals surface area contributed by atoms with Crippen molar-refractivity contribution < 1.29 is 28.2 Å². The van der Waals surface area contributed by atoms with Crippen LogP contribution in [0.4, 0.5) is 9.59 Å². The van der Waals surface area contributed by atoms with Crippen molar-refractivity contribution in [2.75, 3.05) is 6.54 Å². The van der Waals surface area contributed by atoms with Gasteiger partial charge in [0.05, 0.1) is 6.54 Å². The molecule has 0 aromatic carbocycles. The summed E-state index contributed by atoms with van der Waals surface area (Å²) in [4.78, 5) is 25.4. The molecule has 12 heteroatoms. The molecule has 0 saturated carbocycles. The molecule has 0 bridgehead atoms. The molecule has 0 saturated heterocycles. The van der Waals surface area contributed by atoms with Crippen molar-refractivity contribution in [3.8, 4) is 0 Å². The predicted octanol–water partition coefficient (Wildman–Crippen LogP) is 3.03. The first kappa shape index (κ1) is 24.4. The molecule has 0 fully saturated rings. The van der Waals surface area contributed by atoms with Gasteiger partial charge in [0.1, 0.15) is 9.50 Å². The number of pyridine rings is 1. The molecule has 2 amide bonds. The van der Waals surface area contributed by atoms with Gasteiger partial charge in [0.25, 0.3) is 10.0 Å². The first-order valence-electron chi connectivity index (χ1n) is 8.22. The molecule has 2 heterocycles. The van der Waals surface area contributed by atoms with Gasteiger partial charge in [0.15, 0.2) is 0 Å². The Morgan fingerprint density at radius 3 is 2.34 bits per heavy atom. The molecule has 10 nitrogen and oxygen atoms in total. The van der Waals surface area contributed by atoms with Crippen molar-refractivity contribution in [2.24, 2.45) is 11.1 Å². The highest BCUT2D eigenvalue weighted by atomic mass is 79.9. The van der Waals surface area contributed by atoms with Crippen molar-refractivity contribution in [2.45, 2.75) is 32.2 Å². The number of carboxylic acid groups (broad SMARTS) is 2. The van der Waals surface area contributed by atoms with Crippen LogP contribution in [0.1, 0.15) is 26.3 Å². The van der Waals surface area contributed by atoms with Crippen molar-refractivity contribution in [3.63, 3.8) is 0 Å². The zero-order valence-corrected chi connectivity index (χ0v) is 18.5. The van der Waals surface area contributed by atoms with Gasteiger partial charge in [-0.25, -0.2) is 22.0 Å². The molecule has 0 unspecified atom stereocenters. The average molecular weight is 491 g/mol. The highest BCUT2D eigenvalue weighted by molar-refractivity contribution is 9.10. The number of hydrogen-bond acceptors (Lipinski definition) is 5. The van der Waals surface area contributed by atoms with E-state index in [4.69, 9.17) is 9.90 Å². The summed E-state index contributed by atoms with van der Waals surface area (Å²) in [6.45, 7) is 6.26. The maximum atomic E-state index is 12.7. The number of nitrogens with two attached hydrogens (primary N) is 1. The fraction of sp³-hybridized carbons (Fsp3) is 0.353. The summed E-state index contributed by atoms with van der Waals surface area (Å²) in [6.07, 6.45) is 1.80. The van der Waals surface area contributed by atoms with E-state index < -0.39 is 22.2 Å². The quantitative estimate of drug-likeness (QED) is 0.580. The summed E-state index contributed by atoms with van der Waals surface area (Å²) >= 11 is 3.24. The highest BCUT2D eigenvalue weighted by Crippen LogP contribution is 2.24. The lowest BCUT2D eigenvalue weighted by Gasteiger charge is -2.27. The third-order valence-electron chi connectivity index (χ3n) is 3.30.